The van der Waals surface area contributed by atoms with E-state index in [0.717, 1.165) is 24.2 Å². The number of carbonyl (C=O) groups is 1. The van der Waals surface area contributed by atoms with Crippen molar-refractivity contribution < 1.29 is 19.4 Å². The van der Waals surface area contributed by atoms with Crippen LogP contribution in [-0.2, 0) is 14.3 Å². The maximum atomic E-state index is 11.7. The number of benzene rings is 1. The van der Waals surface area contributed by atoms with Crippen molar-refractivity contribution in [1.82, 2.24) is 0 Å². The molecule has 1 aliphatic heterocycles. The number of halogens is 1. The van der Waals surface area contributed by atoms with Gasteiger partial charge in [0.25, 0.3) is 0 Å². The van der Waals surface area contributed by atoms with Crippen LogP contribution in [0.1, 0.15) is 44.6 Å². The van der Waals surface area contributed by atoms with Crippen molar-refractivity contribution in [2.24, 2.45) is 11.3 Å². The molecule has 4 nitrogen and oxygen atoms in total. The molecule has 1 heterocycles. The van der Waals surface area contributed by atoms with Gasteiger partial charge in [0.15, 0.2) is 5.79 Å². The second-order valence-corrected chi connectivity index (χ2v) is 9.62. The van der Waals surface area contributed by atoms with Crippen LogP contribution in [0.2, 0.25) is 5.02 Å². The summed E-state index contributed by atoms with van der Waals surface area (Å²) in [6.07, 6.45) is 8.09. The molecule has 3 rings (SSSR count). The lowest BCUT2D eigenvalue weighted by Gasteiger charge is -2.41. The summed E-state index contributed by atoms with van der Waals surface area (Å²) in [6, 6.07) is 5.39. The summed E-state index contributed by atoms with van der Waals surface area (Å²) >= 11 is 7.77. The van der Waals surface area contributed by atoms with Gasteiger partial charge < -0.3 is 14.6 Å². The summed E-state index contributed by atoms with van der Waals surface area (Å²) in [4.78, 5) is 12.7. The van der Waals surface area contributed by atoms with Gasteiger partial charge in [-0.05, 0) is 48.4 Å². The average Bonchev–Trinajstić information content (AvgIpc) is 3.04. The molecule has 1 aliphatic carbocycles. The average molecular weight is 423 g/mol. The third-order valence-corrected chi connectivity index (χ3v) is 6.54. The molecule has 1 saturated carbocycles. The Morgan fingerprint density at radius 3 is 2.71 bits per heavy atom. The van der Waals surface area contributed by atoms with Gasteiger partial charge in [-0.15, -0.1) is 17.5 Å². The lowest BCUT2D eigenvalue weighted by Crippen LogP contribution is -2.45. The van der Waals surface area contributed by atoms with E-state index in [-0.39, 0.29) is 11.3 Å². The first kappa shape index (κ1) is 21.5. The first-order valence-corrected chi connectivity index (χ1v) is 11.1. The predicted octanol–water partition coefficient (Wildman–Crippen LogP) is 5.51. The number of hydrogen-bond acceptors (Lipinski definition) is 4. The van der Waals surface area contributed by atoms with Crippen molar-refractivity contribution in [3.63, 3.8) is 0 Å². The first-order chi connectivity index (χ1) is 13.2. The van der Waals surface area contributed by atoms with E-state index in [0.29, 0.717) is 23.8 Å². The Bertz CT molecular complexity index is 788. The minimum absolute atomic E-state index is 0.0564. The zero-order valence-electron chi connectivity index (χ0n) is 16.5. The van der Waals surface area contributed by atoms with Crippen LogP contribution in [-0.4, -0.2) is 36.3 Å². The highest BCUT2D eigenvalue weighted by molar-refractivity contribution is 7.98. The van der Waals surface area contributed by atoms with E-state index in [1.54, 1.807) is 12.1 Å². The van der Waals surface area contributed by atoms with Crippen LogP contribution in [0.4, 0.5) is 0 Å². The molecule has 0 bridgehead atoms. The summed E-state index contributed by atoms with van der Waals surface area (Å²) in [7, 11) is 0. The van der Waals surface area contributed by atoms with Crippen molar-refractivity contribution in [3.8, 4) is 0 Å². The fourth-order valence-corrected chi connectivity index (χ4v) is 4.50. The van der Waals surface area contributed by atoms with Gasteiger partial charge in [-0.25, -0.2) is 0 Å². The topological polar surface area (TPSA) is 55.8 Å². The molecule has 0 radical (unpaired) electrons. The second-order valence-electron chi connectivity index (χ2n) is 8.37. The lowest BCUT2D eigenvalue weighted by atomic mass is 9.94. The standard InChI is InChI=1S/C22H27ClO4S/c1-21(2)13-26-22(27-14-21)10-9-15(12-22)5-4-6-17(20(24)25)16-7-8-19(28-3)18(23)11-16/h5-8,11,15,17H,9-10,12-14H2,1-3H3,(H,24,25)/t4?,15-,17?/m0/s1. The summed E-state index contributed by atoms with van der Waals surface area (Å²) in [5, 5.41) is 10.2. The number of rotatable bonds is 5. The summed E-state index contributed by atoms with van der Waals surface area (Å²) < 4.78 is 12.1. The number of aliphatic carboxylic acids is 1. The smallest absolute Gasteiger partial charge is 0.315 e. The maximum absolute atomic E-state index is 11.7. The number of hydrogen-bond donors (Lipinski definition) is 1. The van der Waals surface area contributed by atoms with Gasteiger partial charge >= 0.3 is 5.97 Å². The molecule has 152 valence electrons. The minimum atomic E-state index is -0.919. The highest BCUT2D eigenvalue weighted by Crippen LogP contribution is 2.43. The highest BCUT2D eigenvalue weighted by Gasteiger charge is 2.45. The molecule has 0 aromatic heterocycles. The van der Waals surface area contributed by atoms with Gasteiger partial charge in [-0.2, -0.15) is 0 Å². The Labute approximate surface area is 175 Å². The van der Waals surface area contributed by atoms with Crippen LogP contribution in [0.3, 0.4) is 0 Å². The molecule has 1 unspecified atom stereocenters. The Kier molecular flexibility index (Phi) is 6.63. The van der Waals surface area contributed by atoms with E-state index in [1.165, 1.54) is 11.8 Å². The van der Waals surface area contributed by atoms with Gasteiger partial charge in [0.2, 0.25) is 0 Å². The van der Waals surface area contributed by atoms with Crippen molar-refractivity contribution in [1.29, 1.82) is 0 Å². The fourth-order valence-electron chi connectivity index (χ4n) is 3.62. The van der Waals surface area contributed by atoms with Crippen molar-refractivity contribution in [3.05, 3.63) is 46.7 Å². The molecule has 2 aliphatic rings. The zero-order valence-corrected chi connectivity index (χ0v) is 18.1. The first-order valence-electron chi connectivity index (χ1n) is 9.50. The predicted molar refractivity (Wildman–Crippen MR) is 112 cm³/mol. The summed E-state index contributed by atoms with van der Waals surface area (Å²) in [5.41, 5.74) is 3.81. The number of carboxylic acids is 1. The summed E-state index contributed by atoms with van der Waals surface area (Å²) in [5.74, 6) is -1.90. The molecular weight excluding hydrogens is 396 g/mol. The van der Waals surface area contributed by atoms with Crippen LogP contribution in [0, 0.1) is 11.3 Å². The van der Waals surface area contributed by atoms with Gasteiger partial charge in [0.1, 0.15) is 5.92 Å². The molecule has 2 fully saturated rings. The molecule has 0 amide bonds. The van der Waals surface area contributed by atoms with Crippen LogP contribution >= 0.6 is 23.4 Å². The fraction of sp³-hybridized carbons (Fsp3) is 0.545. The van der Waals surface area contributed by atoms with E-state index >= 15 is 0 Å². The third-order valence-electron chi connectivity index (χ3n) is 5.32. The van der Waals surface area contributed by atoms with Gasteiger partial charge in [0.05, 0.1) is 18.2 Å². The minimum Gasteiger partial charge on any atom is -0.481 e. The van der Waals surface area contributed by atoms with Crippen LogP contribution in [0.15, 0.2) is 41.0 Å². The molecule has 2 atom stereocenters. The normalized spacial score (nSPS) is 23.8. The molecule has 1 spiro atoms. The largest absolute Gasteiger partial charge is 0.481 e. The van der Waals surface area contributed by atoms with Crippen molar-refractivity contribution >= 4 is 29.3 Å². The van der Waals surface area contributed by atoms with Gasteiger partial charge in [0, 0.05) is 23.2 Å². The number of thioether (sulfide) groups is 1. The maximum Gasteiger partial charge on any atom is 0.315 e. The molecule has 1 N–H and O–H groups in total. The van der Waals surface area contributed by atoms with E-state index in [1.807, 2.05) is 24.5 Å². The van der Waals surface area contributed by atoms with Gasteiger partial charge in [-0.1, -0.05) is 31.5 Å². The molecule has 1 saturated heterocycles. The lowest BCUT2D eigenvalue weighted by molar-refractivity contribution is -0.295. The van der Waals surface area contributed by atoms with E-state index < -0.39 is 17.7 Å². The van der Waals surface area contributed by atoms with Crippen molar-refractivity contribution in [2.45, 2.75) is 49.7 Å². The van der Waals surface area contributed by atoms with Crippen LogP contribution < -0.4 is 0 Å². The molecule has 1 aromatic carbocycles. The zero-order chi connectivity index (χ0) is 20.4. The molecule has 28 heavy (non-hydrogen) atoms. The summed E-state index contributed by atoms with van der Waals surface area (Å²) in [6.45, 7) is 5.68. The van der Waals surface area contributed by atoms with E-state index in [4.69, 9.17) is 21.1 Å². The second kappa shape index (κ2) is 8.64. The Hall–Kier alpha value is -1.23. The molecule has 6 heteroatoms. The Morgan fingerprint density at radius 2 is 2.11 bits per heavy atom. The quantitative estimate of drug-likeness (QED) is 0.500. The van der Waals surface area contributed by atoms with Crippen LogP contribution in [0.25, 0.3) is 0 Å². The molecular formula is C22H27ClO4S. The highest BCUT2D eigenvalue weighted by atomic mass is 35.5. The SMILES string of the molecule is CSc1ccc(C(C=C=C[C@H]2CCC3(C2)OCC(C)(C)CO3)C(=O)O)cc1Cl. The third kappa shape index (κ3) is 5.03. The van der Waals surface area contributed by atoms with Crippen LogP contribution in [0.5, 0.6) is 0 Å². The monoisotopic (exact) mass is 422 g/mol. The number of ether oxygens (including phenoxy) is 2. The van der Waals surface area contributed by atoms with E-state index in [9.17, 15) is 9.90 Å². The number of carboxylic acid groups (broad SMARTS) is 1. The van der Waals surface area contributed by atoms with Gasteiger partial charge in [-0.3, -0.25) is 4.79 Å². The van der Waals surface area contributed by atoms with E-state index in [2.05, 4.69) is 19.6 Å². The molecule has 1 aromatic rings. The van der Waals surface area contributed by atoms with Crippen molar-refractivity contribution in [2.75, 3.05) is 19.5 Å². The Morgan fingerprint density at radius 1 is 1.39 bits per heavy atom. The Balaban J connectivity index is 1.68.